The number of ketones is 3. The molecule has 89 heavy (non-hydrogen) atoms. The summed E-state index contributed by atoms with van der Waals surface area (Å²) in [5, 5.41) is 51.8. The smallest absolute Gasteiger partial charge is 0.246 e. The molecule has 3 aromatic rings. The SMILES string of the molecule is Cc1ncsc1-c1ccc([C@H](C)NC(=O)[C@@H]2C[C@@H](O)CN2C(=O)[C@@H](NC(=O)CCCc2cn(CCOCCOCCOCCNC(=O)[C@H](C)CC(=O)C[C@@H](C)[C@H]3C[C@H](O)[C@@]4(C)C5=C(C(=O)C[C@]34C)[C@@]3(C)CCC(=O)C(C)(C)[C@@H]3C[C@@H]5O)nn2)C(C)(C)C)cc1. The second kappa shape index (κ2) is 28.5. The number of fused-ring (bicyclic) bond motifs is 4. The summed E-state index contributed by atoms with van der Waals surface area (Å²) in [6.07, 6.45) is 2.40. The minimum Gasteiger partial charge on any atom is -0.392 e. The number of nitrogens with one attached hydrogen (secondary N) is 3. The second-order valence-corrected chi connectivity index (χ2v) is 29.2. The van der Waals surface area contributed by atoms with Crippen LogP contribution in [0.5, 0.6) is 0 Å². The van der Waals surface area contributed by atoms with Crippen molar-refractivity contribution >= 4 is 52.3 Å². The Morgan fingerprint density at radius 3 is 2.20 bits per heavy atom. The molecule has 22 heteroatoms. The maximum Gasteiger partial charge on any atom is 0.246 e. The number of allylic oxidation sites excluding steroid dienone is 1. The van der Waals surface area contributed by atoms with Crippen LogP contribution in [-0.2, 0) is 60.7 Å². The molecule has 8 rings (SSSR count). The minimum atomic E-state index is -0.961. The molecule has 0 spiro atoms. The van der Waals surface area contributed by atoms with Crippen LogP contribution in [0.25, 0.3) is 10.4 Å². The van der Waals surface area contributed by atoms with E-state index in [4.69, 9.17) is 14.2 Å². The van der Waals surface area contributed by atoms with Crippen LogP contribution in [0.15, 0.2) is 47.1 Å². The number of ether oxygens (including phenoxy) is 3. The van der Waals surface area contributed by atoms with Crippen LogP contribution in [0, 0.1) is 57.7 Å². The molecule has 0 radical (unpaired) electrons. The van der Waals surface area contributed by atoms with E-state index in [2.05, 4.69) is 38.2 Å². The van der Waals surface area contributed by atoms with Gasteiger partial charge in [0.15, 0.2) is 5.78 Å². The number of carbonyl (C=O) groups is 7. The summed E-state index contributed by atoms with van der Waals surface area (Å²) < 4.78 is 18.7. The van der Waals surface area contributed by atoms with Crippen molar-refractivity contribution in [2.24, 2.45) is 50.7 Å². The fourth-order valence-corrected chi connectivity index (χ4v) is 16.4. The second-order valence-electron chi connectivity index (χ2n) is 28.4. The van der Waals surface area contributed by atoms with E-state index >= 15 is 0 Å². The Morgan fingerprint density at radius 2 is 1.54 bits per heavy atom. The normalized spacial score (nSPS) is 27.9. The van der Waals surface area contributed by atoms with Crippen LogP contribution in [-0.4, -0.2) is 164 Å². The summed E-state index contributed by atoms with van der Waals surface area (Å²) >= 11 is 1.57. The first-order valence-corrected chi connectivity index (χ1v) is 33.0. The minimum absolute atomic E-state index is 0.0195. The molecule has 4 amide bonds. The number of Topliss-reactive ketones (excluding diaryl/α,β-unsaturated/α-hetero) is 3. The van der Waals surface area contributed by atoms with Gasteiger partial charge in [-0.2, -0.15) is 0 Å². The number of likely N-dealkylation sites (tertiary alicyclic amines) is 1. The van der Waals surface area contributed by atoms with Crippen molar-refractivity contribution < 1.29 is 63.1 Å². The highest BCUT2D eigenvalue weighted by molar-refractivity contribution is 7.13. The predicted octanol–water partition coefficient (Wildman–Crippen LogP) is 6.63. The first kappa shape index (κ1) is 69.3. The maximum absolute atomic E-state index is 14.4. The molecule has 21 nitrogen and oxygen atoms in total. The number of carbonyl (C=O) groups excluding carboxylic acids is 7. The van der Waals surface area contributed by atoms with E-state index in [-0.39, 0.29) is 111 Å². The number of rotatable bonds is 28. The Balaban J connectivity index is 0.664. The van der Waals surface area contributed by atoms with E-state index in [0.29, 0.717) is 94.9 Å². The van der Waals surface area contributed by atoms with Gasteiger partial charge in [-0.1, -0.05) is 98.7 Å². The lowest BCUT2D eigenvalue weighted by Crippen LogP contribution is -2.60. The lowest BCUT2D eigenvalue weighted by atomic mass is 9.42. The van der Waals surface area contributed by atoms with Crippen molar-refractivity contribution in [1.82, 2.24) is 40.8 Å². The highest BCUT2D eigenvalue weighted by atomic mass is 32.1. The Kier molecular flexibility index (Phi) is 22.2. The molecule has 0 bridgehead atoms. The molecule has 3 heterocycles. The number of β-amino-alcohol motifs (C(OH)–C–C–N with tert-alkyl or cyclic N) is 1. The zero-order chi connectivity index (χ0) is 65.0. The van der Waals surface area contributed by atoms with E-state index in [1.807, 2.05) is 99.0 Å². The molecule has 13 atom stereocenters. The van der Waals surface area contributed by atoms with E-state index in [1.54, 1.807) is 29.1 Å². The van der Waals surface area contributed by atoms with Crippen molar-refractivity contribution in [2.75, 3.05) is 52.7 Å². The summed E-state index contributed by atoms with van der Waals surface area (Å²) in [5.74, 6) is -2.42. The zero-order valence-electron chi connectivity index (χ0n) is 54.4. The van der Waals surface area contributed by atoms with Crippen molar-refractivity contribution in [3.8, 4) is 10.4 Å². The topological polar surface area (TPSA) is 291 Å². The number of thiazole rings is 1. The summed E-state index contributed by atoms with van der Waals surface area (Å²) in [6, 6.07) is 5.72. The number of hydrogen-bond donors (Lipinski definition) is 6. The maximum atomic E-state index is 14.4. The van der Waals surface area contributed by atoms with Gasteiger partial charge in [0, 0.05) is 85.5 Å². The van der Waals surface area contributed by atoms with E-state index in [0.717, 1.165) is 21.7 Å². The largest absolute Gasteiger partial charge is 0.392 e. The number of benzene rings is 1. The van der Waals surface area contributed by atoms with Crippen LogP contribution in [0.4, 0.5) is 0 Å². The van der Waals surface area contributed by atoms with Gasteiger partial charge >= 0.3 is 0 Å². The summed E-state index contributed by atoms with van der Waals surface area (Å²) in [4.78, 5) is 102. The standard InChI is InChI=1S/C67H98N8O13S/c1-39(48-33-54(81)67(12)57-50(78)34-52-64(8,9)53(80)20-21-65(52,10)56(57)51(79)35-66(48,67)11)30-46(76)31-40(2)60(83)68-22-24-86-26-28-88-29-27-87-25-23-74-36-45(72-73-74)14-13-15-55(82)71-59(63(5,6)7)62(85)75-37-47(77)32-49(75)61(84)70-41(3)43-16-18-44(19-17-43)58-42(4)69-38-89-58/h16-19,36,38-41,47-50,52,54,59,77-78,81H,13-15,20-35,37H2,1-12H3,(H,68,83)(H,70,84)(H,71,82)/t39-,40-,41+,47-,48-,49+,50+,52+,54+,59-,65+,66-,67+/m1/s1. The average Bonchev–Trinajstić information content (AvgIpc) is 1.66. The van der Waals surface area contributed by atoms with Gasteiger partial charge in [0.25, 0.3) is 0 Å². The molecule has 2 saturated carbocycles. The number of aliphatic hydroxyl groups is 3. The molecule has 1 aromatic carbocycles. The number of nitrogens with zero attached hydrogens (tertiary/aromatic N) is 5. The molecule has 3 fully saturated rings. The van der Waals surface area contributed by atoms with Crippen molar-refractivity contribution in [2.45, 2.75) is 197 Å². The van der Waals surface area contributed by atoms with Crippen LogP contribution in [0.3, 0.4) is 0 Å². The fraction of sp³-hybridized carbons (Fsp3) is 0.701. The predicted molar refractivity (Wildman–Crippen MR) is 335 cm³/mol. The summed E-state index contributed by atoms with van der Waals surface area (Å²) in [6.45, 7) is 25.8. The number of amides is 4. The van der Waals surface area contributed by atoms with Crippen molar-refractivity contribution in [3.63, 3.8) is 0 Å². The van der Waals surface area contributed by atoms with Gasteiger partial charge in [-0.25, -0.2) is 9.67 Å². The number of hydrogen-bond acceptors (Lipinski definition) is 17. The Morgan fingerprint density at radius 1 is 0.865 bits per heavy atom. The molecular formula is C67H98N8O13S. The fourth-order valence-electron chi connectivity index (χ4n) is 15.6. The van der Waals surface area contributed by atoms with Gasteiger partial charge in [-0.05, 0) is 91.2 Å². The highest BCUT2D eigenvalue weighted by Crippen LogP contribution is 2.71. The molecule has 0 unspecified atom stereocenters. The van der Waals surface area contributed by atoms with Crippen LogP contribution in [0.1, 0.15) is 163 Å². The van der Waals surface area contributed by atoms with E-state index < -0.39 is 69.3 Å². The third kappa shape index (κ3) is 15.0. The van der Waals surface area contributed by atoms with Crippen LogP contribution >= 0.6 is 11.3 Å². The molecule has 4 aliphatic carbocycles. The van der Waals surface area contributed by atoms with E-state index in [9.17, 15) is 48.9 Å². The first-order chi connectivity index (χ1) is 41.9. The number of aryl methyl sites for hydroxylation is 2. The number of aliphatic hydroxyl groups excluding tert-OH is 3. The Hall–Kier alpha value is -5.62. The van der Waals surface area contributed by atoms with Crippen LogP contribution < -0.4 is 16.0 Å². The van der Waals surface area contributed by atoms with Gasteiger partial charge < -0.3 is 50.4 Å². The zero-order valence-corrected chi connectivity index (χ0v) is 55.3. The highest BCUT2D eigenvalue weighted by Gasteiger charge is 2.70. The molecule has 6 N–H and O–H groups in total. The molecular weight excluding hydrogens is 1160 g/mol. The monoisotopic (exact) mass is 1250 g/mol. The molecule has 1 saturated heterocycles. The number of aromatic nitrogens is 4. The Bertz CT molecular complexity index is 3080. The van der Waals surface area contributed by atoms with Gasteiger partial charge in [0.2, 0.25) is 23.6 Å². The van der Waals surface area contributed by atoms with Gasteiger partial charge in [0.1, 0.15) is 23.7 Å². The Labute approximate surface area is 528 Å². The quantitative estimate of drug-likeness (QED) is 0.0416. The third-order valence-corrected chi connectivity index (χ3v) is 21.8. The van der Waals surface area contributed by atoms with Gasteiger partial charge in [-0.3, -0.25) is 33.6 Å². The van der Waals surface area contributed by atoms with Gasteiger partial charge in [-0.15, -0.1) is 16.4 Å². The summed E-state index contributed by atoms with van der Waals surface area (Å²) in [5.41, 5.74) is 3.11. The third-order valence-electron chi connectivity index (χ3n) is 20.8. The van der Waals surface area contributed by atoms with E-state index in [1.165, 1.54) is 4.90 Å². The van der Waals surface area contributed by atoms with Gasteiger partial charge in [0.05, 0.1) is 92.3 Å². The molecule has 1 aliphatic heterocycles. The van der Waals surface area contributed by atoms with Crippen molar-refractivity contribution in [1.29, 1.82) is 0 Å². The first-order valence-electron chi connectivity index (χ1n) is 32.1. The van der Waals surface area contributed by atoms with Crippen LogP contribution in [0.2, 0.25) is 0 Å². The lowest BCUT2D eigenvalue weighted by Gasteiger charge is -2.61. The average molecular weight is 1260 g/mol. The molecule has 5 aliphatic rings. The molecule has 2 aromatic heterocycles. The van der Waals surface area contributed by atoms with Crippen molar-refractivity contribution in [3.05, 3.63) is 64.1 Å². The summed E-state index contributed by atoms with van der Waals surface area (Å²) in [7, 11) is 0. The molecule has 490 valence electrons. The lowest BCUT2D eigenvalue weighted by molar-refractivity contribution is -0.146.